The molecule has 1 aliphatic heterocycles. The number of nitrogens with one attached hydrogen (secondary N) is 1. The summed E-state index contributed by atoms with van der Waals surface area (Å²) in [5, 5.41) is 3.21. The summed E-state index contributed by atoms with van der Waals surface area (Å²) >= 11 is 0. The molecule has 17 heavy (non-hydrogen) atoms. The molecule has 0 aliphatic carbocycles. The van der Waals surface area contributed by atoms with Gasteiger partial charge in [-0.05, 0) is 25.1 Å². The van der Waals surface area contributed by atoms with E-state index in [1.165, 1.54) is 12.1 Å². The Labute approximate surface area is 106 Å². The Hall–Kier alpha value is -1.13. The second-order valence-electron chi connectivity index (χ2n) is 4.06. The van der Waals surface area contributed by atoms with E-state index < -0.39 is 0 Å². The van der Waals surface area contributed by atoms with E-state index in [1.807, 2.05) is 6.92 Å². The molecule has 0 aromatic heterocycles. The quantitative estimate of drug-likeness (QED) is 0.831. The fraction of sp³-hybridized carbons (Fsp3) is 0.417. The Bertz CT molecular complexity index is 400. The molecule has 1 saturated heterocycles. The lowest BCUT2D eigenvalue weighted by atomic mass is 10.1. The number of rotatable bonds is 1. The van der Waals surface area contributed by atoms with Crippen LogP contribution in [0.3, 0.4) is 0 Å². The summed E-state index contributed by atoms with van der Waals surface area (Å²) in [5.41, 5.74) is 0.425. The van der Waals surface area contributed by atoms with Gasteiger partial charge in [0.25, 0.3) is 5.91 Å². The average molecular weight is 259 g/mol. The predicted molar refractivity (Wildman–Crippen MR) is 67.0 cm³/mol. The lowest BCUT2D eigenvalue weighted by Crippen LogP contribution is -2.52. The fourth-order valence-electron chi connectivity index (χ4n) is 1.93. The van der Waals surface area contributed by atoms with Crippen molar-refractivity contribution in [3.05, 3.63) is 35.6 Å². The van der Waals surface area contributed by atoms with Crippen LogP contribution in [0.15, 0.2) is 24.3 Å². The zero-order chi connectivity index (χ0) is 11.5. The van der Waals surface area contributed by atoms with Crippen LogP contribution in [0.5, 0.6) is 0 Å². The maximum Gasteiger partial charge on any atom is 0.254 e. The number of amides is 1. The number of halogens is 2. The van der Waals surface area contributed by atoms with Crippen molar-refractivity contribution in [3.8, 4) is 0 Å². The van der Waals surface area contributed by atoms with Crippen LogP contribution >= 0.6 is 12.4 Å². The first kappa shape index (κ1) is 13.9. The van der Waals surface area contributed by atoms with E-state index in [0.717, 1.165) is 13.1 Å². The highest BCUT2D eigenvalue weighted by Crippen LogP contribution is 2.11. The second kappa shape index (κ2) is 5.98. The molecule has 1 N–H and O–H groups in total. The van der Waals surface area contributed by atoms with Crippen LogP contribution in [-0.4, -0.2) is 36.5 Å². The highest BCUT2D eigenvalue weighted by molar-refractivity contribution is 5.94. The Morgan fingerprint density at radius 3 is 2.94 bits per heavy atom. The predicted octanol–water partition coefficient (Wildman–Crippen LogP) is 1.68. The summed E-state index contributed by atoms with van der Waals surface area (Å²) in [6.45, 7) is 4.26. The molecule has 0 saturated carbocycles. The van der Waals surface area contributed by atoms with E-state index in [9.17, 15) is 9.18 Å². The van der Waals surface area contributed by atoms with Crippen LogP contribution in [0.1, 0.15) is 17.3 Å². The van der Waals surface area contributed by atoms with Gasteiger partial charge < -0.3 is 10.2 Å². The van der Waals surface area contributed by atoms with Gasteiger partial charge in [0.05, 0.1) is 0 Å². The van der Waals surface area contributed by atoms with Crippen LogP contribution in [0, 0.1) is 5.82 Å². The third-order valence-corrected chi connectivity index (χ3v) is 2.83. The van der Waals surface area contributed by atoms with Gasteiger partial charge in [-0.1, -0.05) is 6.07 Å². The first-order chi connectivity index (χ1) is 7.68. The molecule has 5 heteroatoms. The molecule has 0 radical (unpaired) electrons. The molecule has 1 heterocycles. The lowest BCUT2D eigenvalue weighted by Gasteiger charge is -2.34. The summed E-state index contributed by atoms with van der Waals surface area (Å²) in [6, 6.07) is 6.01. The molecule has 2 rings (SSSR count). The van der Waals surface area contributed by atoms with Gasteiger partial charge in [-0.25, -0.2) is 4.39 Å². The highest BCUT2D eigenvalue weighted by atomic mass is 35.5. The number of carbonyl (C=O) groups excluding carboxylic acids is 1. The number of nitrogens with zero attached hydrogens (tertiary/aromatic N) is 1. The van der Waals surface area contributed by atoms with Crippen molar-refractivity contribution < 1.29 is 9.18 Å². The second-order valence-corrected chi connectivity index (χ2v) is 4.06. The molecule has 1 amide bonds. The third kappa shape index (κ3) is 3.17. The summed E-state index contributed by atoms with van der Waals surface area (Å²) in [7, 11) is 0. The van der Waals surface area contributed by atoms with Crippen molar-refractivity contribution in [1.82, 2.24) is 10.2 Å². The Morgan fingerprint density at radius 1 is 1.53 bits per heavy atom. The van der Waals surface area contributed by atoms with Crippen LogP contribution in [0.4, 0.5) is 4.39 Å². The number of carbonyl (C=O) groups is 1. The van der Waals surface area contributed by atoms with E-state index in [0.29, 0.717) is 12.1 Å². The zero-order valence-corrected chi connectivity index (χ0v) is 10.5. The molecular weight excluding hydrogens is 243 g/mol. The molecule has 0 spiro atoms. The van der Waals surface area contributed by atoms with Crippen molar-refractivity contribution in [2.45, 2.75) is 13.0 Å². The monoisotopic (exact) mass is 258 g/mol. The summed E-state index contributed by atoms with van der Waals surface area (Å²) in [6.07, 6.45) is 0. The van der Waals surface area contributed by atoms with Gasteiger partial charge in [-0.3, -0.25) is 4.79 Å². The van der Waals surface area contributed by atoms with Gasteiger partial charge in [0.1, 0.15) is 5.82 Å². The van der Waals surface area contributed by atoms with Crippen molar-refractivity contribution in [2.75, 3.05) is 19.6 Å². The minimum atomic E-state index is -0.367. The van der Waals surface area contributed by atoms with Crippen LogP contribution in [-0.2, 0) is 0 Å². The number of piperazine rings is 1. The lowest BCUT2D eigenvalue weighted by molar-refractivity contribution is 0.0655. The van der Waals surface area contributed by atoms with Crippen molar-refractivity contribution in [1.29, 1.82) is 0 Å². The van der Waals surface area contributed by atoms with Gasteiger partial charge in [-0.2, -0.15) is 0 Å². The molecule has 0 bridgehead atoms. The van der Waals surface area contributed by atoms with Gasteiger partial charge in [0.15, 0.2) is 0 Å². The van der Waals surface area contributed by atoms with Crippen LogP contribution < -0.4 is 5.32 Å². The number of hydrogen-bond acceptors (Lipinski definition) is 2. The van der Waals surface area contributed by atoms with E-state index >= 15 is 0 Å². The average Bonchev–Trinajstić information content (AvgIpc) is 2.29. The number of hydrogen-bond donors (Lipinski definition) is 1. The molecule has 3 nitrogen and oxygen atoms in total. The molecular formula is C12H16ClFN2O. The van der Waals surface area contributed by atoms with Gasteiger partial charge in [0.2, 0.25) is 0 Å². The minimum Gasteiger partial charge on any atom is -0.333 e. The Balaban J connectivity index is 0.00000144. The minimum absolute atomic E-state index is 0. The summed E-state index contributed by atoms with van der Waals surface area (Å²) < 4.78 is 13.0. The third-order valence-electron chi connectivity index (χ3n) is 2.83. The SMILES string of the molecule is CC1CNCCN1C(=O)c1cccc(F)c1.Cl. The van der Waals surface area contributed by atoms with Crippen molar-refractivity contribution in [2.24, 2.45) is 0 Å². The summed E-state index contributed by atoms with van der Waals surface area (Å²) in [5.74, 6) is -0.456. The van der Waals surface area contributed by atoms with Crippen molar-refractivity contribution >= 4 is 18.3 Å². The first-order valence-corrected chi connectivity index (χ1v) is 5.46. The normalized spacial score (nSPS) is 19.6. The molecule has 1 fully saturated rings. The molecule has 1 atom stereocenters. The van der Waals surface area contributed by atoms with E-state index in [2.05, 4.69) is 5.32 Å². The molecule has 94 valence electrons. The largest absolute Gasteiger partial charge is 0.333 e. The highest BCUT2D eigenvalue weighted by Gasteiger charge is 2.23. The van der Waals surface area contributed by atoms with Crippen LogP contribution in [0.25, 0.3) is 0 Å². The van der Waals surface area contributed by atoms with Gasteiger partial charge >= 0.3 is 0 Å². The van der Waals surface area contributed by atoms with E-state index in [-0.39, 0.29) is 30.2 Å². The maximum absolute atomic E-state index is 13.0. The Morgan fingerprint density at radius 2 is 2.29 bits per heavy atom. The van der Waals surface area contributed by atoms with Gasteiger partial charge in [0, 0.05) is 31.2 Å². The standard InChI is InChI=1S/C12H15FN2O.ClH/c1-9-8-14-5-6-15(9)12(16)10-3-2-4-11(13)7-10;/h2-4,7,9,14H,5-6,8H2,1H3;1H. The van der Waals surface area contributed by atoms with E-state index in [4.69, 9.17) is 0 Å². The molecule has 1 aromatic rings. The zero-order valence-electron chi connectivity index (χ0n) is 9.65. The molecule has 1 unspecified atom stereocenters. The topological polar surface area (TPSA) is 32.3 Å². The van der Waals surface area contributed by atoms with Crippen molar-refractivity contribution in [3.63, 3.8) is 0 Å². The Kier molecular flexibility index (Phi) is 4.90. The van der Waals surface area contributed by atoms with Crippen LogP contribution in [0.2, 0.25) is 0 Å². The smallest absolute Gasteiger partial charge is 0.254 e. The summed E-state index contributed by atoms with van der Waals surface area (Å²) in [4.78, 5) is 13.9. The molecule has 1 aromatic carbocycles. The molecule has 1 aliphatic rings. The van der Waals surface area contributed by atoms with Gasteiger partial charge in [-0.15, -0.1) is 12.4 Å². The maximum atomic E-state index is 13.0. The fourth-order valence-corrected chi connectivity index (χ4v) is 1.93. The number of benzene rings is 1. The van der Waals surface area contributed by atoms with E-state index in [1.54, 1.807) is 17.0 Å². The first-order valence-electron chi connectivity index (χ1n) is 5.46.